The normalized spacial score (nSPS) is 11.0. The number of hydrogen-bond donors (Lipinski definition) is 0. The third-order valence-electron chi connectivity index (χ3n) is 5.52. The lowest BCUT2D eigenvalue weighted by Gasteiger charge is -2.07. The van der Waals surface area contributed by atoms with Gasteiger partial charge in [0.2, 0.25) is 5.78 Å². The van der Waals surface area contributed by atoms with Crippen LogP contribution in [0.4, 0.5) is 0 Å². The fourth-order valence-corrected chi connectivity index (χ4v) is 3.94. The molecule has 0 unspecified atom stereocenters. The van der Waals surface area contributed by atoms with Crippen molar-refractivity contribution in [2.45, 2.75) is 0 Å². The van der Waals surface area contributed by atoms with Crippen LogP contribution < -0.4 is 9.47 Å². The van der Waals surface area contributed by atoms with Crippen molar-refractivity contribution in [3.63, 3.8) is 0 Å². The highest BCUT2D eigenvalue weighted by atomic mass is 16.5. The molecule has 0 N–H and O–H groups in total. The molecule has 0 amide bonds. The molecule has 152 valence electrons. The Morgan fingerprint density at radius 3 is 2.06 bits per heavy atom. The Hall–Kier alpha value is -4.05. The standard InChI is InChI=1S/C27H20O4/c1-29-20-12-7-18(8-13-20)24-25-22-6-4-3-5-17(22)11-16-23(25)31-27(24)26(28)19-9-14-21(30-2)15-10-19/h3-16H,1-2H3. The Bertz CT molecular complexity index is 1390. The fraction of sp³-hybridized carbons (Fsp3) is 0.0741. The smallest absolute Gasteiger partial charge is 0.228 e. The number of benzene rings is 4. The lowest BCUT2D eigenvalue weighted by atomic mass is 9.95. The minimum absolute atomic E-state index is 0.172. The van der Waals surface area contributed by atoms with E-state index in [0.717, 1.165) is 33.0 Å². The molecule has 0 spiro atoms. The summed E-state index contributed by atoms with van der Waals surface area (Å²) >= 11 is 0. The van der Waals surface area contributed by atoms with Crippen LogP contribution >= 0.6 is 0 Å². The van der Waals surface area contributed by atoms with Gasteiger partial charge in [-0.1, -0.05) is 42.5 Å². The van der Waals surface area contributed by atoms with Gasteiger partial charge in [-0.2, -0.15) is 0 Å². The van der Waals surface area contributed by atoms with Crippen LogP contribution in [0.25, 0.3) is 32.9 Å². The second-order valence-corrected chi connectivity index (χ2v) is 7.25. The molecule has 0 aliphatic carbocycles. The molecule has 0 aliphatic heterocycles. The first-order valence-corrected chi connectivity index (χ1v) is 9.97. The number of hydrogen-bond acceptors (Lipinski definition) is 4. The Morgan fingerprint density at radius 2 is 1.39 bits per heavy atom. The van der Waals surface area contributed by atoms with Crippen LogP contribution in [-0.2, 0) is 0 Å². The van der Waals surface area contributed by atoms with E-state index < -0.39 is 0 Å². The third-order valence-corrected chi connectivity index (χ3v) is 5.52. The minimum atomic E-state index is -0.172. The van der Waals surface area contributed by atoms with E-state index in [2.05, 4.69) is 12.1 Å². The van der Waals surface area contributed by atoms with Crippen molar-refractivity contribution in [2.24, 2.45) is 0 Å². The highest BCUT2D eigenvalue weighted by molar-refractivity contribution is 6.21. The highest BCUT2D eigenvalue weighted by Gasteiger charge is 2.24. The van der Waals surface area contributed by atoms with Gasteiger partial charge in [0.25, 0.3) is 0 Å². The summed E-state index contributed by atoms with van der Waals surface area (Å²) in [5.74, 6) is 1.60. The topological polar surface area (TPSA) is 48.7 Å². The van der Waals surface area contributed by atoms with Crippen LogP contribution in [0.3, 0.4) is 0 Å². The van der Waals surface area contributed by atoms with Crippen molar-refractivity contribution in [3.8, 4) is 22.6 Å². The molecule has 1 aromatic heterocycles. The predicted molar refractivity (Wildman–Crippen MR) is 122 cm³/mol. The van der Waals surface area contributed by atoms with Crippen LogP contribution in [0.5, 0.6) is 11.5 Å². The molecular weight excluding hydrogens is 388 g/mol. The van der Waals surface area contributed by atoms with Crippen molar-refractivity contribution in [1.82, 2.24) is 0 Å². The summed E-state index contributed by atoms with van der Waals surface area (Å²) in [6.45, 7) is 0. The zero-order chi connectivity index (χ0) is 21.4. The van der Waals surface area contributed by atoms with Crippen molar-refractivity contribution in [1.29, 1.82) is 0 Å². The molecule has 0 aliphatic rings. The number of furan rings is 1. The SMILES string of the molecule is COc1ccc(C(=O)c2oc3ccc4ccccc4c3c2-c2ccc(OC)cc2)cc1. The average Bonchev–Trinajstić information content (AvgIpc) is 3.24. The zero-order valence-corrected chi connectivity index (χ0v) is 17.2. The second-order valence-electron chi connectivity index (χ2n) is 7.25. The van der Waals surface area contributed by atoms with Crippen molar-refractivity contribution < 1.29 is 18.7 Å². The first-order chi connectivity index (χ1) is 15.2. The fourth-order valence-electron chi connectivity index (χ4n) is 3.94. The van der Waals surface area contributed by atoms with E-state index in [1.54, 1.807) is 38.5 Å². The molecule has 4 aromatic carbocycles. The average molecular weight is 408 g/mol. The van der Waals surface area contributed by atoms with Gasteiger partial charge in [0.05, 0.1) is 14.2 Å². The number of carbonyl (C=O) groups excluding carboxylic acids is 1. The van der Waals surface area contributed by atoms with Crippen molar-refractivity contribution in [2.75, 3.05) is 14.2 Å². The summed E-state index contributed by atoms with van der Waals surface area (Å²) in [4.78, 5) is 13.5. The molecule has 5 aromatic rings. The molecule has 0 bridgehead atoms. The number of ether oxygens (including phenoxy) is 2. The van der Waals surface area contributed by atoms with E-state index in [9.17, 15) is 4.79 Å². The first kappa shape index (κ1) is 18.9. The minimum Gasteiger partial charge on any atom is -0.497 e. The van der Waals surface area contributed by atoms with Gasteiger partial charge in [0.1, 0.15) is 17.1 Å². The van der Waals surface area contributed by atoms with E-state index in [-0.39, 0.29) is 5.78 Å². The maximum Gasteiger partial charge on any atom is 0.228 e. The Balaban J connectivity index is 1.78. The lowest BCUT2D eigenvalue weighted by Crippen LogP contribution is -2.01. The molecule has 0 atom stereocenters. The van der Waals surface area contributed by atoms with E-state index in [1.807, 2.05) is 48.5 Å². The Morgan fingerprint density at radius 1 is 0.742 bits per heavy atom. The first-order valence-electron chi connectivity index (χ1n) is 9.97. The molecule has 4 nitrogen and oxygen atoms in total. The Labute approximate surface area is 179 Å². The van der Waals surface area contributed by atoms with E-state index in [1.165, 1.54) is 0 Å². The number of carbonyl (C=O) groups is 1. The van der Waals surface area contributed by atoms with Crippen LogP contribution in [0.15, 0.2) is 89.3 Å². The van der Waals surface area contributed by atoms with Gasteiger partial charge < -0.3 is 13.9 Å². The molecule has 0 saturated heterocycles. The quantitative estimate of drug-likeness (QED) is 0.311. The van der Waals surface area contributed by atoms with Gasteiger partial charge >= 0.3 is 0 Å². The van der Waals surface area contributed by atoms with Crippen LogP contribution in [-0.4, -0.2) is 20.0 Å². The van der Waals surface area contributed by atoms with E-state index >= 15 is 0 Å². The number of rotatable bonds is 5. The monoisotopic (exact) mass is 408 g/mol. The number of fused-ring (bicyclic) bond motifs is 3. The molecule has 4 heteroatoms. The van der Waals surface area contributed by atoms with Crippen molar-refractivity contribution >= 4 is 27.5 Å². The molecule has 5 rings (SSSR count). The summed E-state index contributed by atoms with van der Waals surface area (Å²) in [6.07, 6.45) is 0. The molecule has 1 heterocycles. The van der Waals surface area contributed by atoms with Crippen LogP contribution in [0, 0.1) is 0 Å². The summed E-state index contributed by atoms with van der Waals surface area (Å²) in [6, 6.07) is 26.8. The van der Waals surface area contributed by atoms with E-state index in [0.29, 0.717) is 22.7 Å². The summed E-state index contributed by atoms with van der Waals surface area (Å²) in [5, 5.41) is 3.07. The second kappa shape index (κ2) is 7.65. The summed E-state index contributed by atoms with van der Waals surface area (Å²) < 4.78 is 16.7. The molecule has 31 heavy (non-hydrogen) atoms. The summed E-state index contributed by atoms with van der Waals surface area (Å²) in [7, 11) is 3.23. The van der Waals surface area contributed by atoms with Gasteiger partial charge in [-0.3, -0.25) is 4.79 Å². The molecular formula is C27H20O4. The van der Waals surface area contributed by atoms with Gasteiger partial charge in [-0.25, -0.2) is 0 Å². The molecule has 0 radical (unpaired) electrons. The van der Waals surface area contributed by atoms with Gasteiger partial charge in [-0.15, -0.1) is 0 Å². The van der Waals surface area contributed by atoms with E-state index in [4.69, 9.17) is 13.9 Å². The van der Waals surface area contributed by atoms with Gasteiger partial charge in [0.15, 0.2) is 5.76 Å². The summed E-state index contributed by atoms with van der Waals surface area (Å²) in [5.41, 5.74) is 2.91. The number of methoxy groups -OCH3 is 2. The van der Waals surface area contributed by atoms with Gasteiger partial charge in [-0.05, 0) is 58.8 Å². The maximum atomic E-state index is 13.5. The largest absolute Gasteiger partial charge is 0.497 e. The number of ketones is 1. The Kier molecular flexibility index (Phi) is 4.68. The molecule has 0 saturated carbocycles. The lowest BCUT2D eigenvalue weighted by molar-refractivity contribution is 0.101. The predicted octanol–water partition coefficient (Wildman–Crippen LogP) is 6.50. The van der Waals surface area contributed by atoms with Gasteiger partial charge in [0, 0.05) is 16.5 Å². The maximum absolute atomic E-state index is 13.5. The highest BCUT2D eigenvalue weighted by Crippen LogP contribution is 2.40. The zero-order valence-electron chi connectivity index (χ0n) is 17.2. The third kappa shape index (κ3) is 3.22. The van der Waals surface area contributed by atoms with Crippen LogP contribution in [0.2, 0.25) is 0 Å². The molecule has 0 fully saturated rings. The van der Waals surface area contributed by atoms with Crippen LogP contribution in [0.1, 0.15) is 16.1 Å². The van der Waals surface area contributed by atoms with Crippen molar-refractivity contribution in [3.05, 3.63) is 96.3 Å².